The van der Waals surface area contributed by atoms with Gasteiger partial charge >= 0.3 is 5.97 Å². The van der Waals surface area contributed by atoms with Crippen molar-refractivity contribution in [2.24, 2.45) is 34.5 Å². The Bertz CT molecular complexity index is 882. The minimum Gasteiger partial charge on any atom is -0.450 e. The summed E-state index contributed by atoms with van der Waals surface area (Å²) in [6.07, 6.45) is 9.40. The molecule has 0 spiro atoms. The number of carbonyl (C=O) groups is 3. The number of rotatable bonds is 4. The molecule has 4 aliphatic carbocycles. The second-order valence-corrected chi connectivity index (χ2v) is 11.2. The summed E-state index contributed by atoms with van der Waals surface area (Å²) in [5.74, 6) is 1.42. The summed E-state index contributed by atoms with van der Waals surface area (Å²) >= 11 is 0. The minimum atomic E-state index is -0.998. The lowest BCUT2D eigenvalue weighted by atomic mass is 9.45. The van der Waals surface area contributed by atoms with Crippen LogP contribution in [0, 0.1) is 34.5 Å². The zero-order valence-electron chi connectivity index (χ0n) is 20.0. The second-order valence-electron chi connectivity index (χ2n) is 11.2. The monoisotopic (exact) mass is 426 g/mol. The van der Waals surface area contributed by atoms with Crippen molar-refractivity contribution >= 4 is 17.5 Å². The van der Waals surface area contributed by atoms with E-state index in [4.69, 9.17) is 4.74 Å². The summed E-state index contributed by atoms with van der Waals surface area (Å²) in [6.45, 7) is 12.5. The average molecular weight is 427 g/mol. The lowest BCUT2D eigenvalue weighted by molar-refractivity contribution is -0.187. The lowest BCUT2D eigenvalue weighted by Crippen LogP contribution is -2.59. The molecule has 0 saturated heterocycles. The zero-order chi connectivity index (χ0) is 22.8. The molecule has 0 aromatic rings. The predicted octanol–water partition coefficient (Wildman–Crippen LogP) is 5.60. The minimum absolute atomic E-state index is 0.000316. The maximum Gasteiger partial charge on any atom is 0.306 e. The molecule has 0 aliphatic heterocycles. The van der Waals surface area contributed by atoms with Crippen LogP contribution in [0.3, 0.4) is 0 Å². The number of fused-ring (bicyclic) bond motifs is 5. The zero-order valence-corrected chi connectivity index (χ0v) is 20.0. The van der Waals surface area contributed by atoms with Gasteiger partial charge in [-0.05, 0) is 86.7 Å². The SMILES string of the molecule is CCCC(=O)O[C@]1(C(C)=O)CCC2C3C=C(C)C4=CC(=O)C[C@H](C)[C@]4(C)C3CC[C@@]21C. The van der Waals surface area contributed by atoms with Crippen LogP contribution in [0.4, 0.5) is 0 Å². The molecule has 170 valence electrons. The van der Waals surface area contributed by atoms with Gasteiger partial charge in [0.25, 0.3) is 0 Å². The summed E-state index contributed by atoms with van der Waals surface area (Å²) in [7, 11) is 0. The van der Waals surface area contributed by atoms with E-state index in [0.29, 0.717) is 42.9 Å². The van der Waals surface area contributed by atoms with Gasteiger partial charge in [0, 0.05) is 18.3 Å². The van der Waals surface area contributed by atoms with Crippen LogP contribution >= 0.6 is 0 Å². The summed E-state index contributed by atoms with van der Waals surface area (Å²) in [5, 5.41) is 0. The third-order valence-electron chi connectivity index (χ3n) is 9.82. The van der Waals surface area contributed by atoms with Gasteiger partial charge in [0.1, 0.15) is 0 Å². The Morgan fingerprint density at radius 3 is 2.48 bits per heavy atom. The van der Waals surface area contributed by atoms with E-state index in [1.165, 1.54) is 11.1 Å². The van der Waals surface area contributed by atoms with Crippen LogP contribution in [0.2, 0.25) is 0 Å². The molecule has 2 saturated carbocycles. The van der Waals surface area contributed by atoms with Crippen molar-refractivity contribution in [3.63, 3.8) is 0 Å². The fraction of sp³-hybridized carbons (Fsp3) is 0.741. The number of hydrogen-bond donors (Lipinski definition) is 0. The van der Waals surface area contributed by atoms with Crippen molar-refractivity contribution in [3.05, 3.63) is 23.3 Å². The summed E-state index contributed by atoms with van der Waals surface area (Å²) < 4.78 is 6.08. The molecule has 4 aliphatic rings. The van der Waals surface area contributed by atoms with Crippen molar-refractivity contribution in [2.45, 2.75) is 92.1 Å². The van der Waals surface area contributed by atoms with E-state index in [2.05, 4.69) is 33.8 Å². The second kappa shape index (κ2) is 7.42. The van der Waals surface area contributed by atoms with Crippen LogP contribution in [0.5, 0.6) is 0 Å². The van der Waals surface area contributed by atoms with E-state index in [0.717, 1.165) is 25.7 Å². The molecule has 0 bridgehead atoms. The quantitative estimate of drug-likeness (QED) is 0.549. The summed E-state index contributed by atoms with van der Waals surface area (Å²) in [4.78, 5) is 37.9. The number of ketones is 2. The van der Waals surface area contributed by atoms with E-state index in [1.54, 1.807) is 6.92 Å². The third-order valence-corrected chi connectivity index (χ3v) is 9.82. The van der Waals surface area contributed by atoms with Crippen LogP contribution in [0.25, 0.3) is 0 Å². The number of ether oxygens (including phenoxy) is 1. The molecule has 0 aromatic heterocycles. The van der Waals surface area contributed by atoms with Crippen molar-refractivity contribution in [3.8, 4) is 0 Å². The molecule has 0 radical (unpaired) electrons. The third kappa shape index (κ3) is 2.96. The number of esters is 1. The van der Waals surface area contributed by atoms with E-state index in [-0.39, 0.29) is 28.4 Å². The lowest BCUT2D eigenvalue weighted by Gasteiger charge is -2.59. The van der Waals surface area contributed by atoms with Crippen molar-refractivity contribution in [2.75, 3.05) is 0 Å². The smallest absolute Gasteiger partial charge is 0.306 e. The highest BCUT2D eigenvalue weighted by Gasteiger charge is 2.68. The molecule has 3 unspecified atom stereocenters. The van der Waals surface area contributed by atoms with Crippen LogP contribution in [-0.4, -0.2) is 23.1 Å². The first-order valence-corrected chi connectivity index (χ1v) is 12.2. The summed E-state index contributed by atoms with van der Waals surface area (Å²) in [6, 6.07) is 0. The molecule has 7 atom stereocenters. The number of Topliss-reactive ketones (excluding diaryl/α,β-unsaturated/α-hetero) is 1. The van der Waals surface area contributed by atoms with E-state index in [9.17, 15) is 14.4 Å². The van der Waals surface area contributed by atoms with E-state index < -0.39 is 5.60 Å². The number of hydrogen-bond acceptors (Lipinski definition) is 4. The van der Waals surface area contributed by atoms with Crippen molar-refractivity contribution in [1.82, 2.24) is 0 Å². The van der Waals surface area contributed by atoms with Crippen LogP contribution in [-0.2, 0) is 19.1 Å². The van der Waals surface area contributed by atoms with Gasteiger partial charge in [0.2, 0.25) is 0 Å². The van der Waals surface area contributed by atoms with Crippen molar-refractivity contribution in [1.29, 1.82) is 0 Å². The largest absolute Gasteiger partial charge is 0.450 e. The fourth-order valence-electron chi connectivity index (χ4n) is 8.03. The van der Waals surface area contributed by atoms with Crippen LogP contribution in [0.15, 0.2) is 23.3 Å². The van der Waals surface area contributed by atoms with Gasteiger partial charge < -0.3 is 4.74 Å². The topological polar surface area (TPSA) is 60.4 Å². The highest BCUT2D eigenvalue weighted by Crippen LogP contribution is 2.68. The molecule has 0 amide bonds. The Hall–Kier alpha value is -1.71. The molecule has 4 heteroatoms. The van der Waals surface area contributed by atoms with Crippen LogP contribution < -0.4 is 0 Å². The van der Waals surface area contributed by atoms with Crippen molar-refractivity contribution < 1.29 is 19.1 Å². The Labute approximate surface area is 186 Å². The first-order valence-electron chi connectivity index (χ1n) is 12.2. The Balaban J connectivity index is 1.76. The van der Waals surface area contributed by atoms with E-state index in [1.807, 2.05) is 13.0 Å². The number of carbonyl (C=O) groups excluding carboxylic acids is 3. The number of allylic oxidation sites excluding steroid dienone is 4. The normalized spacial score (nSPS) is 43.9. The predicted molar refractivity (Wildman–Crippen MR) is 120 cm³/mol. The van der Waals surface area contributed by atoms with E-state index >= 15 is 0 Å². The van der Waals surface area contributed by atoms with Gasteiger partial charge in [0.15, 0.2) is 17.2 Å². The van der Waals surface area contributed by atoms with Gasteiger partial charge in [-0.15, -0.1) is 0 Å². The molecular weight excluding hydrogens is 388 g/mol. The highest BCUT2D eigenvalue weighted by atomic mass is 16.6. The van der Waals surface area contributed by atoms with Gasteiger partial charge in [-0.3, -0.25) is 14.4 Å². The first kappa shape index (κ1) is 22.5. The Morgan fingerprint density at radius 1 is 1.16 bits per heavy atom. The molecule has 0 N–H and O–H groups in total. The molecule has 0 aromatic carbocycles. The Morgan fingerprint density at radius 2 is 1.84 bits per heavy atom. The van der Waals surface area contributed by atoms with Gasteiger partial charge in [-0.2, -0.15) is 0 Å². The molecule has 4 nitrogen and oxygen atoms in total. The van der Waals surface area contributed by atoms with Crippen LogP contribution in [0.1, 0.15) is 86.5 Å². The summed E-state index contributed by atoms with van der Waals surface area (Å²) in [5.41, 5.74) is 1.09. The maximum absolute atomic E-state index is 13.0. The molecular formula is C27H38O4. The standard InChI is InChI=1S/C27H38O4/c1-7-8-24(30)31-27(18(4)28)12-10-21-20-13-16(2)23-15-19(29)14-17(3)26(23,6)22(20)9-11-25(21,27)5/h13,15,17,20-22H,7-12,14H2,1-6H3/t17-,20?,21?,22?,25-,26+,27-/m0/s1. The molecule has 31 heavy (non-hydrogen) atoms. The highest BCUT2D eigenvalue weighted by molar-refractivity contribution is 5.93. The first-order chi connectivity index (χ1) is 14.5. The average Bonchev–Trinajstić information content (AvgIpc) is 2.98. The Kier molecular flexibility index (Phi) is 5.38. The van der Waals surface area contributed by atoms with Gasteiger partial charge in [0.05, 0.1) is 0 Å². The van der Waals surface area contributed by atoms with Gasteiger partial charge in [-0.25, -0.2) is 0 Å². The van der Waals surface area contributed by atoms with Gasteiger partial charge in [-0.1, -0.05) is 39.3 Å². The fourth-order valence-corrected chi connectivity index (χ4v) is 8.03. The molecule has 2 fully saturated rings. The maximum atomic E-state index is 13.0. The molecule has 4 rings (SSSR count). The molecule has 0 heterocycles.